The number of halogens is 3. The predicted octanol–water partition coefficient (Wildman–Crippen LogP) is 3.54. The zero-order valence-electron chi connectivity index (χ0n) is 12.6. The van der Waals surface area contributed by atoms with Crippen molar-refractivity contribution in [2.24, 2.45) is 0 Å². The Bertz CT molecular complexity index is 805. The average molecular weight is 333 g/mol. The van der Waals surface area contributed by atoms with Gasteiger partial charge in [-0.25, -0.2) is 13.2 Å². The minimum atomic E-state index is -0.618. The highest BCUT2D eigenvalue weighted by molar-refractivity contribution is 5.91. The number of carbonyl (C=O) groups excluding carboxylic acids is 1. The molecule has 0 unspecified atom stereocenters. The molecule has 124 valence electrons. The van der Waals surface area contributed by atoms with Crippen molar-refractivity contribution in [1.82, 2.24) is 4.90 Å². The molecule has 0 atom stereocenters. The van der Waals surface area contributed by atoms with E-state index in [1.807, 2.05) is 0 Å². The lowest BCUT2D eigenvalue weighted by Crippen LogP contribution is -2.31. The molecule has 0 fully saturated rings. The normalized spacial score (nSPS) is 14.2. The Labute approximate surface area is 137 Å². The van der Waals surface area contributed by atoms with Gasteiger partial charge in [0, 0.05) is 23.7 Å². The molecule has 6 heteroatoms. The van der Waals surface area contributed by atoms with Crippen molar-refractivity contribution in [2.45, 2.75) is 6.54 Å². The zero-order valence-corrected chi connectivity index (χ0v) is 12.6. The van der Waals surface area contributed by atoms with Gasteiger partial charge in [-0.2, -0.15) is 0 Å². The number of amides is 1. The lowest BCUT2D eigenvalue weighted by atomic mass is 10.1. The second-order valence-corrected chi connectivity index (χ2v) is 5.36. The largest absolute Gasteiger partial charge is 0.491 e. The van der Waals surface area contributed by atoms with Crippen molar-refractivity contribution in [3.05, 3.63) is 71.1 Å². The molecule has 1 heterocycles. The number of carbonyl (C=O) groups is 1. The lowest BCUT2D eigenvalue weighted by Gasteiger charge is -2.17. The lowest BCUT2D eigenvalue weighted by molar-refractivity contribution is -0.126. The van der Waals surface area contributed by atoms with Crippen molar-refractivity contribution in [3.63, 3.8) is 0 Å². The molecular weight excluding hydrogens is 319 g/mol. The van der Waals surface area contributed by atoms with Gasteiger partial charge in [0.15, 0.2) is 0 Å². The average Bonchev–Trinajstić information content (AvgIpc) is 2.77. The molecule has 0 N–H and O–H groups in total. The summed E-state index contributed by atoms with van der Waals surface area (Å²) in [6.45, 7) is 0.763. The van der Waals surface area contributed by atoms with Crippen LogP contribution in [0.15, 0.2) is 42.5 Å². The number of rotatable bonds is 2. The summed E-state index contributed by atoms with van der Waals surface area (Å²) in [7, 11) is 0. The third kappa shape index (κ3) is 3.59. The van der Waals surface area contributed by atoms with E-state index in [0.29, 0.717) is 17.9 Å². The van der Waals surface area contributed by atoms with Crippen LogP contribution in [-0.2, 0) is 11.3 Å². The fraction of sp³-hybridized carbons (Fsp3) is 0.167. The standard InChI is InChI=1S/C18H14F3NO2/c19-14-2-4-16(21)12(9-14)1-6-18(23)22-7-8-24-17-5-3-15(20)10-13(17)11-22/h1-6,9-10H,7-8,11H2/b6-1+. The number of hydrogen-bond donors (Lipinski definition) is 0. The summed E-state index contributed by atoms with van der Waals surface area (Å²) in [4.78, 5) is 13.7. The highest BCUT2D eigenvalue weighted by Crippen LogP contribution is 2.24. The summed E-state index contributed by atoms with van der Waals surface area (Å²) < 4.78 is 45.5. The number of nitrogens with zero attached hydrogens (tertiary/aromatic N) is 1. The Balaban J connectivity index is 1.77. The van der Waals surface area contributed by atoms with Gasteiger partial charge in [-0.3, -0.25) is 4.79 Å². The van der Waals surface area contributed by atoms with Crippen LogP contribution in [0.1, 0.15) is 11.1 Å². The van der Waals surface area contributed by atoms with E-state index < -0.39 is 17.5 Å². The fourth-order valence-corrected chi connectivity index (χ4v) is 2.46. The first kappa shape index (κ1) is 16.1. The van der Waals surface area contributed by atoms with Gasteiger partial charge in [0.05, 0.1) is 6.54 Å². The molecule has 0 bridgehead atoms. The van der Waals surface area contributed by atoms with Gasteiger partial charge in [-0.15, -0.1) is 0 Å². The van der Waals surface area contributed by atoms with Crippen LogP contribution in [0.2, 0.25) is 0 Å². The van der Waals surface area contributed by atoms with Crippen LogP contribution in [0.25, 0.3) is 6.08 Å². The molecule has 1 aliphatic rings. The number of benzene rings is 2. The quantitative estimate of drug-likeness (QED) is 0.787. The summed E-state index contributed by atoms with van der Waals surface area (Å²) >= 11 is 0. The Morgan fingerprint density at radius 3 is 2.67 bits per heavy atom. The summed E-state index contributed by atoms with van der Waals surface area (Å²) in [6.07, 6.45) is 2.39. The molecule has 3 nitrogen and oxygen atoms in total. The van der Waals surface area contributed by atoms with E-state index in [4.69, 9.17) is 4.74 Å². The molecule has 0 aliphatic carbocycles. The second-order valence-electron chi connectivity index (χ2n) is 5.36. The van der Waals surface area contributed by atoms with Crippen molar-refractivity contribution in [3.8, 4) is 5.75 Å². The van der Waals surface area contributed by atoms with Crippen LogP contribution < -0.4 is 4.74 Å². The van der Waals surface area contributed by atoms with Crippen molar-refractivity contribution >= 4 is 12.0 Å². The van der Waals surface area contributed by atoms with Crippen LogP contribution in [0.5, 0.6) is 5.75 Å². The molecule has 0 spiro atoms. The molecule has 0 aromatic heterocycles. The van der Waals surface area contributed by atoms with Crippen molar-refractivity contribution < 1.29 is 22.7 Å². The molecular formula is C18H14F3NO2. The highest BCUT2D eigenvalue weighted by atomic mass is 19.1. The number of fused-ring (bicyclic) bond motifs is 1. The van der Waals surface area contributed by atoms with Gasteiger partial charge < -0.3 is 9.64 Å². The molecule has 1 aliphatic heterocycles. The smallest absolute Gasteiger partial charge is 0.246 e. The molecule has 0 radical (unpaired) electrons. The fourth-order valence-electron chi connectivity index (χ4n) is 2.46. The van der Waals surface area contributed by atoms with E-state index in [0.717, 1.165) is 18.2 Å². The van der Waals surface area contributed by atoms with E-state index in [2.05, 4.69) is 0 Å². The Morgan fingerprint density at radius 2 is 1.83 bits per heavy atom. The Hall–Kier alpha value is -2.76. The third-order valence-corrected chi connectivity index (χ3v) is 3.68. The molecule has 24 heavy (non-hydrogen) atoms. The SMILES string of the molecule is O=C(/C=C/c1cc(F)ccc1F)N1CCOc2ccc(F)cc2C1. The van der Waals surface area contributed by atoms with Gasteiger partial charge in [-0.1, -0.05) is 0 Å². The molecule has 2 aromatic rings. The van der Waals surface area contributed by atoms with E-state index in [1.165, 1.54) is 35.3 Å². The van der Waals surface area contributed by atoms with Gasteiger partial charge in [0.25, 0.3) is 0 Å². The van der Waals surface area contributed by atoms with Gasteiger partial charge in [0.1, 0.15) is 29.8 Å². The van der Waals surface area contributed by atoms with Gasteiger partial charge in [0.2, 0.25) is 5.91 Å². The van der Waals surface area contributed by atoms with Crippen LogP contribution in [0.4, 0.5) is 13.2 Å². The molecule has 1 amide bonds. The van der Waals surface area contributed by atoms with Crippen LogP contribution >= 0.6 is 0 Å². The highest BCUT2D eigenvalue weighted by Gasteiger charge is 2.18. The monoisotopic (exact) mass is 333 g/mol. The van der Waals surface area contributed by atoms with Gasteiger partial charge >= 0.3 is 0 Å². The van der Waals surface area contributed by atoms with E-state index in [-0.39, 0.29) is 24.6 Å². The Kier molecular flexibility index (Phi) is 4.55. The number of hydrogen-bond acceptors (Lipinski definition) is 2. The van der Waals surface area contributed by atoms with Crippen LogP contribution in [0, 0.1) is 17.5 Å². The Morgan fingerprint density at radius 1 is 1.08 bits per heavy atom. The first-order valence-electron chi connectivity index (χ1n) is 7.36. The molecule has 2 aromatic carbocycles. The van der Waals surface area contributed by atoms with Crippen molar-refractivity contribution in [1.29, 1.82) is 0 Å². The predicted molar refractivity (Wildman–Crippen MR) is 82.7 cm³/mol. The summed E-state index contributed by atoms with van der Waals surface area (Å²) in [5.41, 5.74) is 0.548. The summed E-state index contributed by atoms with van der Waals surface area (Å²) in [5.74, 6) is -1.47. The maximum Gasteiger partial charge on any atom is 0.246 e. The first-order valence-corrected chi connectivity index (χ1v) is 7.36. The van der Waals surface area contributed by atoms with E-state index in [1.54, 1.807) is 0 Å². The van der Waals surface area contributed by atoms with Gasteiger partial charge in [-0.05, 0) is 42.5 Å². The molecule has 0 saturated carbocycles. The minimum absolute atomic E-state index is 0.0131. The zero-order chi connectivity index (χ0) is 17.1. The topological polar surface area (TPSA) is 29.5 Å². The van der Waals surface area contributed by atoms with Crippen LogP contribution in [0.3, 0.4) is 0 Å². The summed E-state index contributed by atoms with van der Waals surface area (Å²) in [6, 6.07) is 7.15. The van der Waals surface area contributed by atoms with Crippen LogP contribution in [-0.4, -0.2) is 24.0 Å². The minimum Gasteiger partial charge on any atom is -0.491 e. The second kappa shape index (κ2) is 6.78. The van der Waals surface area contributed by atoms with E-state index >= 15 is 0 Å². The summed E-state index contributed by atoms with van der Waals surface area (Å²) in [5, 5.41) is 0. The van der Waals surface area contributed by atoms with E-state index in [9.17, 15) is 18.0 Å². The number of ether oxygens (including phenoxy) is 1. The maximum atomic E-state index is 13.6. The molecule has 0 saturated heterocycles. The van der Waals surface area contributed by atoms with Crippen molar-refractivity contribution in [2.75, 3.05) is 13.2 Å². The molecule has 3 rings (SSSR count). The maximum absolute atomic E-state index is 13.6. The third-order valence-electron chi connectivity index (χ3n) is 3.68. The first-order chi connectivity index (χ1) is 11.5.